The van der Waals surface area contributed by atoms with Gasteiger partial charge in [-0.3, -0.25) is 19.5 Å². The Bertz CT molecular complexity index is 1040. The minimum absolute atomic E-state index is 0.0276. The molecule has 0 bridgehead atoms. The van der Waals surface area contributed by atoms with E-state index in [4.69, 9.17) is 23.2 Å². The zero-order chi connectivity index (χ0) is 26.0. The molecule has 0 aliphatic rings. The van der Waals surface area contributed by atoms with Crippen LogP contribution in [0.25, 0.3) is 5.69 Å². The van der Waals surface area contributed by atoms with Gasteiger partial charge in [-0.25, -0.2) is 4.68 Å². The molecule has 1 aromatic heterocycles. The first-order valence-electron chi connectivity index (χ1n) is 12.8. The summed E-state index contributed by atoms with van der Waals surface area (Å²) in [5.41, 5.74) is 0.678. The molecule has 0 aliphatic heterocycles. The second-order valence-corrected chi connectivity index (χ2v) is 10.2. The van der Waals surface area contributed by atoms with Crippen molar-refractivity contribution in [3.63, 3.8) is 0 Å². The van der Waals surface area contributed by atoms with Gasteiger partial charge >= 0.3 is 0 Å². The third kappa shape index (κ3) is 8.25. The first kappa shape index (κ1) is 29.2. The Kier molecular flexibility index (Phi) is 12.1. The first-order valence-corrected chi connectivity index (χ1v) is 13.6. The van der Waals surface area contributed by atoms with Crippen LogP contribution in [0.5, 0.6) is 0 Å². The highest BCUT2D eigenvalue weighted by atomic mass is 35.5. The van der Waals surface area contributed by atoms with E-state index in [1.54, 1.807) is 23.1 Å². The number of nitrogens with one attached hydrogen (secondary N) is 1. The van der Waals surface area contributed by atoms with Crippen LogP contribution >= 0.6 is 23.2 Å². The molecule has 0 fully saturated rings. The van der Waals surface area contributed by atoms with E-state index in [0.29, 0.717) is 34.4 Å². The van der Waals surface area contributed by atoms with E-state index in [-0.39, 0.29) is 29.7 Å². The lowest BCUT2D eigenvalue weighted by molar-refractivity contribution is -0.130. The van der Waals surface area contributed by atoms with Crippen LogP contribution in [0.4, 0.5) is 0 Å². The summed E-state index contributed by atoms with van der Waals surface area (Å²) in [6.45, 7) is 8.39. The van der Waals surface area contributed by atoms with E-state index in [1.807, 2.05) is 20.8 Å². The third-order valence-electron chi connectivity index (χ3n) is 6.11. The average molecular weight is 525 g/mol. The van der Waals surface area contributed by atoms with Crippen LogP contribution in [0.15, 0.2) is 23.0 Å². The van der Waals surface area contributed by atoms with Crippen molar-refractivity contribution in [2.45, 2.75) is 91.4 Å². The van der Waals surface area contributed by atoms with Gasteiger partial charge in [0.25, 0.3) is 5.56 Å². The Morgan fingerprint density at radius 3 is 2.23 bits per heavy atom. The normalized spacial score (nSPS) is 11.3. The van der Waals surface area contributed by atoms with Crippen LogP contribution in [0.1, 0.15) is 107 Å². The molecule has 1 N–H and O–H groups in total. The Hall–Kier alpha value is -2.05. The minimum atomic E-state index is -0.451. The Morgan fingerprint density at radius 2 is 1.63 bits per heavy atom. The summed E-state index contributed by atoms with van der Waals surface area (Å²) in [6.07, 6.45) is 9.08. The van der Waals surface area contributed by atoms with Crippen molar-refractivity contribution in [2.75, 3.05) is 13.1 Å². The molecule has 0 unspecified atom stereocenters. The molecule has 194 valence electrons. The van der Waals surface area contributed by atoms with Crippen molar-refractivity contribution >= 4 is 34.9 Å². The molecule has 2 aromatic rings. The van der Waals surface area contributed by atoms with Gasteiger partial charge in [0.05, 0.1) is 28.0 Å². The topological polar surface area (TPSA) is 75.2 Å². The summed E-state index contributed by atoms with van der Waals surface area (Å²) in [5.74, 6) is -0.468. The molecule has 1 aromatic carbocycles. The maximum atomic E-state index is 13.3. The number of unbranched alkanes of at least 4 members (excludes halogenated alkanes) is 6. The molecule has 0 saturated heterocycles. The minimum Gasteiger partial charge on any atom is -0.335 e. The van der Waals surface area contributed by atoms with Crippen LogP contribution in [-0.2, 0) is 4.79 Å². The highest BCUT2D eigenvalue weighted by molar-refractivity contribution is 6.42. The fourth-order valence-corrected chi connectivity index (χ4v) is 4.45. The number of Topliss-reactive ketones (excluding diaryl/α,β-unsaturated/α-hetero) is 1. The van der Waals surface area contributed by atoms with E-state index in [1.165, 1.54) is 30.4 Å². The number of aromatic amines is 1. The van der Waals surface area contributed by atoms with Gasteiger partial charge in [0.2, 0.25) is 5.91 Å². The molecule has 0 atom stereocenters. The lowest BCUT2D eigenvalue weighted by Crippen LogP contribution is -2.37. The van der Waals surface area contributed by atoms with Crippen molar-refractivity contribution in [1.82, 2.24) is 14.7 Å². The predicted molar refractivity (Wildman–Crippen MR) is 144 cm³/mol. The number of carbonyl (C=O) groups excluding carboxylic acids is 2. The number of carbonyl (C=O) groups is 2. The van der Waals surface area contributed by atoms with Gasteiger partial charge in [0.15, 0.2) is 5.78 Å². The lowest BCUT2D eigenvalue weighted by Gasteiger charge is -2.21. The summed E-state index contributed by atoms with van der Waals surface area (Å²) >= 11 is 12.2. The Balaban J connectivity index is 2.16. The van der Waals surface area contributed by atoms with Crippen molar-refractivity contribution in [3.05, 3.63) is 49.9 Å². The number of hydrogen-bond donors (Lipinski definition) is 1. The number of ketones is 1. The van der Waals surface area contributed by atoms with Crippen molar-refractivity contribution in [2.24, 2.45) is 0 Å². The highest BCUT2D eigenvalue weighted by Gasteiger charge is 2.26. The van der Waals surface area contributed by atoms with Gasteiger partial charge in [-0.2, -0.15) is 0 Å². The number of benzene rings is 1. The van der Waals surface area contributed by atoms with Crippen LogP contribution in [0.3, 0.4) is 0 Å². The number of aromatic nitrogens is 2. The standard InChI is InChI=1S/C27H39Cl2N3O3/c1-5-7-8-9-10-11-12-13-24(34)31(16-6-2)18-23(33)25-26(19(3)4)30-32(27(25)35)20-14-15-21(28)22(29)17-20/h14-15,17,19,30H,5-13,16,18H2,1-4H3. The van der Waals surface area contributed by atoms with Gasteiger partial charge in [0, 0.05) is 13.0 Å². The molecule has 0 spiro atoms. The molecule has 1 heterocycles. The van der Waals surface area contributed by atoms with Gasteiger partial charge < -0.3 is 4.90 Å². The predicted octanol–water partition coefficient (Wildman–Crippen LogP) is 7.16. The smallest absolute Gasteiger partial charge is 0.282 e. The maximum Gasteiger partial charge on any atom is 0.282 e. The number of amides is 1. The SMILES string of the molecule is CCCCCCCCCC(=O)N(CCC)CC(=O)c1c(C(C)C)[nH]n(-c2ccc(Cl)c(Cl)c2)c1=O. The Morgan fingerprint density at radius 1 is 0.971 bits per heavy atom. The number of nitrogens with zero attached hydrogens (tertiary/aromatic N) is 2. The van der Waals surface area contributed by atoms with Gasteiger partial charge in [-0.05, 0) is 37.0 Å². The number of halogens is 2. The second-order valence-electron chi connectivity index (χ2n) is 9.40. The van der Waals surface area contributed by atoms with Gasteiger partial charge in [-0.15, -0.1) is 0 Å². The first-order chi connectivity index (χ1) is 16.7. The molecule has 8 heteroatoms. The van der Waals surface area contributed by atoms with Crippen LogP contribution in [0, 0.1) is 0 Å². The molecule has 1 amide bonds. The van der Waals surface area contributed by atoms with Crippen molar-refractivity contribution in [1.29, 1.82) is 0 Å². The molecule has 0 saturated carbocycles. The zero-order valence-electron chi connectivity index (χ0n) is 21.5. The van der Waals surface area contributed by atoms with Gasteiger partial charge in [0.1, 0.15) is 5.56 Å². The molecule has 35 heavy (non-hydrogen) atoms. The number of rotatable bonds is 15. The Labute approximate surface area is 219 Å². The summed E-state index contributed by atoms with van der Waals surface area (Å²) in [4.78, 5) is 41.1. The molecular formula is C27H39Cl2N3O3. The molecule has 6 nitrogen and oxygen atoms in total. The van der Waals surface area contributed by atoms with Crippen LogP contribution < -0.4 is 5.56 Å². The van der Waals surface area contributed by atoms with E-state index >= 15 is 0 Å². The summed E-state index contributed by atoms with van der Waals surface area (Å²) in [5, 5.41) is 3.76. The molecule has 2 rings (SSSR count). The van der Waals surface area contributed by atoms with Crippen LogP contribution in [-0.4, -0.2) is 39.5 Å². The van der Waals surface area contributed by atoms with Crippen LogP contribution in [0.2, 0.25) is 10.0 Å². The number of hydrogen-bond acceptors (Lipinski definition) is 3. The molecule has 0 radical (unpaired) electrons. The van der Waals surface area contributed by atoms with Crippen molar-refractivity contribution < 1.29 is 9.59 Å². The number of H-pyrrole nitrogens is 1. The third-order valence-corrected chi connectivity index (χ3v) is 6.85. The fourth-order valence-electron chi connectivity index (χ4n) is 4.15. The maximum absolute atomic E-state index is 13.3. The largest absolute Gasteiger partial charge is 0.335 e. The average Bonchev–Trinajstić information content (AvgIpc) is 3.17. The zero-order valence-corrected chi connectivity index (χ0v) is 23.0. The monoisotopic (exact) mass is 523 g/mol. The summed E-state index contributed by atoms with van der Waals surface area (Å²) < 4.78 is 1.31. The quantitative estimate of drug-likeness (QED) is 0.198. The summed E-state index contributed by atoms with van der Waals surface area (Å²) in [7, 11) is 0. The van der Waals surface area contributed by atoms with Crippen molar-refractivity contribution in [3.8, 4) is 5.69 Å². The second kappa shape index (κ2) is 14.5. The molecule has 0 aliphatic carbocycles. The summed E-state index contributed by atoms with van der Waals surface area (Å²) in [6, 6.07) is 4.85. The van der Waals surface area contributed by atoms with Gasteiger partial charge in [-0.1, -0.05) is 89.4 Å². The lowest BCUT2D eigenvalue weighted by atomic mass is 10.0. The van der Waals surface area contributed by atoms with E-state index in [9.17, 15) is 14.4 Å². The van der Waals surface area contributed by atoms with E-state index in [2.05, 4.69) is 12.0 Å². The van der Waals surface area contributed by atoms with E-state index < -0.39 is 5.56 Å². The van der Waals surface area contributed by atoms with E-state index in [0.717, 1.165) is 25.7 Å². The molecular weight excluding hydrogens is 485 g/mol. The highest BCUT2D eigenvalue weighted by Crippen LogP contribution is 2.25. The fraction of sp³-hybridized carbons (Fsp3) is 0.593.